The molecule has 112 valence electrons. The summed E-state index contributed by atoms with van der Waals surface area (Å²) in [6.07, 6.45) is 0.127. The maximum atomic E-state index is 12.1. The van der Waals surface area contributed by atoms with Gasteiger partial charge in [0.2, 0.25) is 11.8 Å². The molecule has 1 atom stereocenters. The number of aliphatic imine (C=N–C) groups is 1. The Morgan fingerprint density at radius 2 is 2.05 bits per heavy atom. The molecule has 3 rings (SSSR count). The highest BCUT2D eigenvalue weighted by atomic mass is 32.2. The van der Waals surface area contributed by atoms with Gasteiger partial charge in [0, 0.05) is 19.2 Å². The van der Waals surface area contributed by atoms with Crippen molar-refractivity contribution in [2.75, 3.05) is 12.4 Å². The Hall–Kier alpha value is -2.34. The van der Waals surface area contributed by atoms with Crippen LogP contribution in [-0.2, 0) is 9.59 Å². The molecule has 1 aliphatic rings. The SMILES string of the molecule is CN=C1NC(=O)C(CC(=O)Nc2ccc3ccccc3c2)S1. The molecule has 1 heterocycles. The van der Waals surface area contributed by atoms with Gasteiger partial charge in [0.1, 0.15) is 5.25 Å². The van der Waals surface area contributed by atoms with Crippen molar-refractivity contribution in [3.8, 4) is 0 Å². The lowest BCUT2D eigenvalue weighted by molar-refractivity contribution is -0.122. The molecule has 0 radical (unpaired) electrons. The minimum absolute atomic E-state index is 0.127. The number of nitrogens with one attached hydrogen (secondary N) is 2. The molecule has 0 bridgehead atoms. The largest absolute Gasteiger partial charge is 0.326 e. The molecule has 1 saturated heterocycles. The molecule has 1 aliphatic heterocycles. The predicted molar refractivity (Wildman–Crippen MR) is 90.1 cm³/mol. The van der Waals surface area contributed by atoms with E-state index in [0.717, 1.165) is 16.5 Å². The quantitative estimate of drug-likeness (QED) is 0.914. The lowest BCUT2D eigenvalue weighted by Gasteiger charge is -2.08. The van der Waals surface area contributed by atoms with E-state index in [2.05, 4.69) is 15.6 Å². The third kappa shape index (κ3) is 3.12. The summed E-state index contributed by atoms with van der Waals surface area (Å²) in [5, 5.41) is 7.81. The molecule has 5 nitrogen and oxygen atoms in total. The van der Waals surface area contributed by atoms with Gasteiger partial charge in [0.25, 0.3) is 0 Å². The Labute approximate surface area is 132 Å². The normalized spacial score (nSPS) is 19.4. The molecule has 2 amide bonds. The maximum absolute atomic E-state index is 12.1. The number of anilines is 1. The average Bonchev–Trinajstić information content (AvgIpc) is 2.87. The number of carbonyl (C=O) groups excluding carboxylic acids is 2. The predicted octanol–water partition coefficient (Wildman–Crippen LogP) is 2.39. The van der Waals surface area contributed by atoms with E-state index in [-0.39, 0.29) is 18.2 Å². The van der Waals surface area contributed by atoms with Crippen molar-refractivity contribution in [2.45, 2.75) is 11.7 Å². The summed E-state index contributed by atoms with van der Waals surface area (Å²) in [4.78, 5) is 27.7. The van der Waals surface area contributed by atoms with E-state index < -0.39 is 5.25 Å². The van der Waals surface area contributed by atoms with Gasteiger partial charge < -0.3 is 10.6 Å². The van der Waals surface area contributed by atoms with E-state index >= 15 is 0 Å². The smallest absolute Gasteiger partial charge is 0.240 e. The highest BCUT2D eigenvalue weighted by molar-refractivity contribution is 8.15. The van der Waals surface area contributed by atoms with Crippen LogP contribution in [-0.4, -0.2) is 29.3 Å². The summed E-state index contributed by atoms with van der Waals surface area (Å²) in [6, 6.07) is 13.7. The summed E-state index contributed by atoms with van der Waals surface area (Å²) in [7, 11) is 1.61. The number of amides is 2. The second-order valence-corrected chi connectivity index (χ2v) is 6.13. The van der Waals surface area contributed by atoms with Crippen molar-refractivity contribution >= 4 is 45.2 Å². The summed E-state index contributed by atoms with van der Waals surface area (Å²) in [6.45, 7) is 0. The number of fused-ring (bicyclic) bond motifs is 1. The third-order valence-corrected chi connectivity index (χ3v) is 4.56. The topological polar surface area (TPSA) is 70.6 Å². The van der Waals surface area contributed by atoms with Crippen LogP contribution < -0.4 is 10.6 Å². The molecule has 0 aromatic heterocycles. The molecule has 2 N–H and O–H groups in total. The number of hydrogen-bond donors (Lipinski definition) is 2. The zero-order chi connectivity index (χ0) is 15.5. The Morgan fingerprint density at radius 3 is 2.77 bits per heavy atom. The monoisotopic (exact) mass is 313 g/mol. The van der Waals surface area contributed by atoms with Gasteiger partial charge in [-0.1, -0.05) is 42.1 Å². The lowest BCUT2D eigenvalue weighted by atomic mass is 10.1. The van der Waals surface area contributed by atoms with Crippen LogP contribution in [0.15, 0.2) is 47.5 Å². The molecule has 0 saturated carbocycles. The molecule has 0 aliphatic carbocycles. The van der Waals surface area contributed by atoms with Gasteiger partial charge in [-0.05, 0) is 22.9 Å². The lowest BCUT2D eigenvalue weighted by Crippen LogP contribution is -2.28. The highest BCUT2D eigenvalue weighted by Crippen LogP contribution is 2.23. The van der Waals surface area contributed by atoms with Gasteiger partial charge in [-0.15, -0.1) is 0 Å². The Kier molecular flexibility index (Phi) is 4.11. The number of rotatable bonds is 3. The van der Waals surface area contributed by atoms with Crippen LogP contribution in [0, 0.1) is 0 Å². The van der Waals surface area contributed by atoms with Crippen LogP contribution in [0.25, 0.3) is 10.8 Å². The van der Waals surface area contributed by atoms with Crippen molar-refractivity contribution < 1.29 is 9.59 Å². The van der Waals surface area contributed by atoms with Gasteiger partial charge >= 0.3 is 0 Å². The fourth-order valence-corrected chi connectivity index (χ4v) is 3.23. The number of benzene rings is 2. The van der Waals surface area contributed by atoms with Crippen LogP contribution >= 0.6 is 11.8 Å². The van der Waals surface area contributed by atoms with Crippen LogP contribution in [0.5, 0.6) is 0 Å². The zero-order valence-electron chi connectivity index (χ0n) is 12.0. The van der Waals surface area contributed by atoms with Crippen molar-refractivity contribution in [1.82, 2.24) is 5.32 Å². The van der Waals surface area contributed by atoms with E-state index in [1.165, 1.54) is 11.8 Å². The second kappa shape index (κ2) is 6.19. The first-order valence-corrected chi connectivity index (χ1v) is 7.76. The Bertz CT molecular complexity index is 773. The van der Waals surface area contributed by atoms with Crippen molar-refractivity contribution in [1.29, 1.82) is 0 Å². The molecule has 6 heteroatoms. The molecule has 0 spiro atoms. The van der Waals surface area contributed by atoms with E-state index in [1.54, 1.807) is 7.05 Å². The standard InChI is InChI=1S/C16H15N3O2S/c1-17-16-19-15(21)13(22-16)9-14(20)18-12-7-6-10-4-2-3-5-11(10)8-12/h2-8,13H,9H2,1H3,(H,18,20)(H,17,19,21). The fraction of sp³-hybridized carbons (Fsp3) is 0.188. The molecular weight excluding hydrogens is 298 g/mol. The second-order valence-electron chi connectivity index (χ2n) is 4.94. The third-order valence-electron chi connectivity index (χ3n) is 3.38. The van der Waals surface area contributed by atoms with Gasteiger partial charge in [-0.25, -0.2) is 0 Å². The van der Waals surface area contributed by atoms with Crippen LogP contribution in [0.1, 0.15) is 6.42 Å². The van der Waals surface area contributed by atoms with Crippen molar-refractivity contribution in [3.63, 3.8) is 0 Å². The molecular formula is C16H15N3O2S. The molecule has 2 aromatic carbocycles. The van der Waals surface area contributed by atoms with E-state index in [0.29, 0.717) is 5.17 Å². The number of hydrogen-bond acceptors (Lipinski definition) is 4. The van der Waals surface area contributed by atoms with Crippen LogP contribution in [0.4, 0.5) is 5.69 Å². The highest BCUT2D eigenvalue weighted by Gasteiger charge is 2.31. The summed E-state index contributed by atoms with van der Waals surface area (Å²) in [5.74, 6) is -0.348. The van der Waals surface area contributed by atoms with Gasteiger partial charge in [-0.2, -0.15) is 0 Å². The zero-order valence-corrected chi connectivity index (χ0v) is 12.8. The Morgan fingerprint density at radius 1 is 1.27 bits per heavy atom. The number of amidine groups is 1. The first-order valence-electron chi connectivity index (χ1n) is 6.88. The van der Waals surface area contributed by atoms with E-state index in [9.17, 15) is 9.59 Å². The van der Waals surface area contributed by atoms with Crippen molar-refractivity contribution in [3.05, 3.63) is 42.5 Å². The van der Waals surface area contributed by atoms with Gasteiger partial charge in [-0.3, -0.25) is 14.6 Å². The molecule has 1 fully saturated rings. The van der Waals surface area contributed by atoms with Crippen LogP contribution in [0.2, 0.25) is 0 Å². The number of nitrogens with zero attached hydrogens (tertiary/aromatic N) is 1. The van der Waals surface area contributed by atoms with Crippen molar-refractivity contribution in [2.24, 2.45) is 4.99 Å². The number of carbonyl (C=O) groups is 2. The van der Waals surface area contributed by atoms with Gasteiger partial charge in [0.05, 0.1) is 0 Å². The summed E-state index contributed by atoms with van der Waals surface area (Å²) < 4.78 is 0. The number of thioether (sulfide) groups is 1. The van der Waals surface area contributed by atoms with Gasteiger partial charge in [0.15, 0.2) is 5.17 Å². The molecule has 2 aromatic rings. The maximum Gasteiger partial charge on any atom is 0.240 e. The minimum Gasteiger partial charge on any atom is -0.326 e. The first-order chi connectivity index (χ1) is 10.7. The summed E-state index contributed by atoms with van der Waals surface area (Å²) >= 11 is 1.29. The van der Waals surface area contributed by atoms with E-state index in [4.69, 9.17) is 0 Å². The molecule has 1 unspecified atom stereocenters. The average molecular weight is 313 g/mol. The first kappa shape index (κ1) is 14.6. The minimum atomic E-state index is -0.417. The molecule has 22 heavy (non-hydrogen) atoms. The van der Waals surface area contributed by atoms with Crippen LogP contribution in [0.3, 0.4) is 0 Å². The Balaban J connectivity index is 1.67. The van der Waals surface area contributed by atoms with E-state index in [1.807, 2.05) is 42.5 Å². The summed E-state index contributed by atoms with van der Waals surface area (Å²) in [5.41, 5.74) is 0.733. The fourth-order valence-electron chi connectivity index (χ4n) is 2.29.